The molecule has 2 aromatic rings. The lowest BCUT2D eigenvalue weighted by atomic mass is 9.85. The van der Waals surface area contributed by atoms with Crippen LogP contribution in [-0.2, 0) is 4.79 Å². The van der Waals surface area contributed by atoms with Gasteiger partial charge in [-0.2, -0.15) is 0 Å². The highest BCUT2D eigenvalue weighted by atomic mass is 16.4. The fourth-order valence-electron chi connectivity index (χ4n) is 3.12. The minimum absolute atomic E-state index is 0.00221. The standard InChI is InChI=1S/C17H20N4O4/c1-2-20(10-15(22)23)12-7-11(8-12)19-16(24)13-9-18-14-5-3-4-6-21(14)17(13)25/h3-6,9,11-12H,2,7-8,10H2,1H3,(H,19,24)(H,22,23). The number of aliphatic carboxylic acids is 1. The topological polar surface area (TPSA) is 104 Å². The second-order valence-electron chi connectivity index (χ2n) is 6.16. The van der Waals surface area contributed by atoms with Crippen molar-refractivity contribution in [2.45, 2.75) is 31.8 Å². The zero-order valence-corrected chi connectivity index (χ0v) is 13.9. The van der Waals surface area contributed by atoms with Crippen LogP contribution in [0, 0.1) is 0 Å². The van der Waals surface area contributed by atoms with Gasteiger partial charge in [-0.3, -0.25) is 23.7 Å². The molecule has 0 bridgehead atoms. The van der Waals surface area contributed by atoms with Crippen molar-refractivity contribution < 1.29 is 14.7 Å². The lowest BCUT2D eigenvalue weighted by Crippen LogP contribution is -2.55. The van der Waals surface area contributed by atoms with Gasteiger partial charge in [0.25, 0.3) is 11.5 Å². The Hall–Kier alpha value is -2.74. The fraction of sp³-hybridized carbons (Fsp3) is 0.412. The van der Waals surface area contributed by atoms with E-state index in [1.165, 1.54) is 10.6 Å². The molecule has 0 unspecified atom stereocenters. The van der Waals surface area contributed by atoms with E-state index in [9.17, 15) is 14.4 Å². The average molecular weight is 344 g/mol. The molecule has 2 aromatic heterocycles. The molecule has 0 spiro atoms. The molecule has 1 fully saturated rings. The van der Waals surface area contributed by atoms with Crippen molar-refractivity contribution in [1.82, 2.24) is 19.6 Å². The highest BCUT2D eigenvalue weighted by Gasteiger charge is 2.35. The Bertz CT molecular complexity index is 857. The number of carboxylic acids is 1. The summed E-state index contributed by atoms with van der Waals surface area (Å²) in [5, 5.41) is 11.7. The van der Waals surface area contributed by atoms with E-state index in [1.54, 1.807) is 24.4 Å². The normalized spacial score (nSPS) is 19.6. The molecular formula is C17H20N4O4. The number of nitrogens with one attached hydrogen (secondary N) is 1. The molecule has 0 radical (unpaired) electrons. The Labute approximate surface area is 144 Å². The van der Waals surface area contributed by atoms with E-state index < -0.39 is 17.4 Å². The monoisotopic (exact) mass is 344 g/mol. The largest absolute Gasteiger partial charge is 0.480 e. The summed E-state index contributed by atoms with van der Waals surface area (Å²) in [4.78, 5) is 41.6. The molecule has 8 heteroatoms. The lowest BCUT2D eigenvalue weighted by molar-refractivity contribution is -0.139. The first-order valence-electron chi connectivity index (χ1n) is 8.22. The molecule has 0 saturated heterocycles. The van der Waals surface area contributed by atoms with E-state index in [4.69, 9.17) is 5.11 Å². The number of rotatable bonds is 6. The Morgan fingerprint density at radius 2 is 2.16 bits per heavy atom. The number of carbonyl (C=O) groups is 2. The highest BCUT2D eigenvalue weighted by molar-refractivity contribution is 5.94. The maximum absolute atomic E-state index is 12.4. The Kier molecular flexibility index (Phi) is 4.80. The molecule has 0 aromatic carbocycles. The molecule has 2 heterocycles. The van der Waals surface area contributed by atoms with Crippen molar-refractivity contribution in [3.8, 4) is 0 Å². The molecule has 1 saturated carbocycles. The van der Waals surface area contributed by atoms with Crippen LogP contribution in [0.15, 0.2) is 35.4 Å². The van der Waals surface area contributed by atoms with Crippen LogP contribution in [0.1, 0.15) is 30.1 Å². The smallest absolute Gasteiger partial charge is 0.317 e. The summed E-state index contributed by atoms with van der Waals surface area (Å²) in [6, 6.07) is 5.25. The van der Waals surface area contributed by atoms with Gasteiger partial charge in [-0.25, -0.2) is 4.98 Å². The van der Waals surface area contributed by atoms with Crippen molar-refractivity contribution in [2.75, 3.05) is 13.1 Å². The maximum Gasteiger partial charge on any atom is 0.317 e. The van der Waals surface area contributed by atoms with Gasteiger partial charge in [0.1, 0.15) is 11.2 Å². The highest BCUT2D eigenvalue weighted by Crippen LogP contribution is 2.25. The third-order valence-electron chi connectivity index (χ3n) is 4.57. The van der Waals surface area contributed by atoms with Gasteiger partial charge >= 0.3 is 5.97 Å². The molecule has 2 N–H and O–H groups in total. The van der Waals surface area contributed by atoms with Crippen LogP contribution < -0.4 is 10.9 Å². The zero-order chi connectivity index (χ0) is 18.0. The predicted molar refractivity (Wildman–Crippen MR) is 90.6 cm³/mol. The van der Waals surface area contributed by atoms with Crippen LogP contribution in [0.25, 0.3) is 5.65 Å². The summed E-state index contributed by atoms with van der Waals surface area (Å²) in [6.07, 6.45) is 4.22. The summed E-state index contributed by atoms with van der Waals surface area (Å²) in [7, 11) is 0. The first-order chi connectivity index (χ1) is 12.0. The molecule has 25 heavy (non-hydrogen) atoms. The Morgan fingerprint density at radius 1 is 1.40 bits per heavy atom. The molecule has 8 nitrogen and oxygen atoms in total. The quantitative estimate of drug-likeness (QED) is 0.784. The molecular weight excluding hydrogens is 324 g/mol. The molecule has 0 aliphatic heterocycles. The first kappa shape index (κ1) is 17.1. The molecule has 1 aliphatic rings. The van der Waals surface area contributed by atoms with Crippen LogP contribution in [-0.4, -0.2) is 56.4 Å². The number of likely N-dealkylation sites (N-methyl/N-ethyl adjacent to an activating group) is 1. The third kappa shape index (κ3) is 3.53. The number of carboxylic acid groups (broad SMARTS) is 1. The van der Waals surface area contributed by atoms with E-state index >= 15 is 0 Å². The summed E-state index contributed by atoms with van der Waals surface area (Å²) < 4.78 is 1.34. The van der Waals surface area contributed by atoms with Crippen LogP contribution >= 0.6 is 0 Å². The first-order valence-corrected chi connectivity index (χ1v) is 8.22. The van der Waals surface area contributed by atoms with Gasteiger partial charge in [0.15, 0.2) is 0 Å². The van der Waals surface area contributed by atoms with Crippen molar-refractivity contribution in [1.29, 1.82) is 0 Å². The van der Waals surface area contributed by atoms with Gasteiger partial charge in [0.2, 0.25) is 0 Å². The van der Waals surface area contributed by atoms with E-state index in [1.807, 2.05) is 11.8 Å². The Balaban J connectivity index is 1.64. The van der Waals surface area contributed by atoms with Gasteiger partial charge in [0, 0.05) is 24.5 Å². The maximum atomic E-state index is 12.4. The number of aromatic nitrogens is 2. The lowest BCUT2D eigenvalue weighted by Gasteiger charge is -2.42. The molecule has 1 amide bonds. The van der Waals surface area contributed by atoms with Crippen molar-refractivity contribution in [3.63, 3.8) is 0 Å². The number of hydrogen-bond donors (Lipinski definition) is 2. The van der Waals surface area contributed by atoms with Crippen molar-refractivity contribution in [3.05, 3.63) is 46.5 Å². The number of carbonyl (C=O) groups excluding carboxylic acids is 1. The van der Waals surface area contributed by atoms with Crippen molar-refractivity contribution >= 4 is 17.5 Å². The minimum atomic E-state index is -0.857. The van der Waals surface area contributed by atoms with Gasteiger partial charge in [0.05, 0.1) is 6.54 Å². The minimum Gasteiger partial charge on any atom is -0.480 e. The number of amides is 1. The summed E-state index contributed by atoms with van der Waals surface area (Å²) in [6.45, 7) is 2.56. The third-order valence-corrected chi connectivity index (χ3v) is 4.57. The number of pyridine rings is 1. The number of nitrogens with zero attached hydrogens (tertiary/aromatic N) is 3. The summed E-state index contributed by atoms with van der Waals surface area (Å²) in [5.74, 6) is -1.30. The zero-order valence-electron chi connectivity index (χ0n) is 13.9. The fourth-order valence-corrected chi connectivity index (χ4v) is 3.12. The van der Waals surface area contributed by atoms with Crippen molar-refractivity contribution in [2.24, 2.45) is 0 Å². The number of hydrogen-bond acceptors (Lipinski definition) is 5. The van der Waals surface area contributed by atoms with Gasteiger partial charge in [-0.05, 0) is 31.5 Å². The predicted octanol–water partition coefficient (Wildman–Crippen LogP) is 0.362. The van der Waals surface area contributed by atoms with E-state index in [2.05, 4.69) is 10.3 Å². The van der Waals surface area contributed by atoms with Gasteiger partial charge in [-0.15, -0.1) is 0 Å². The van der Waals surface area contributed by atoms with E-state index in [-0.39, 0.29) is 24.2 Å². The molecule has 132 valence electrons. The van der Waals surface area contributed by atoms with E-state index in [0.29, 0.717) is 25.0 Å². The molecule has 0 atom stereocenters. The second kappa shape index (κ2) is 7.02. The SMILES string of the molecule is CCN(CC(=O)O)C1CC(NC(=O)c2cnc3ccccn3c2=O)C1. The molecule has 1 aliphatic carbocycles. The van der Waals surface area contributed by atoms with Gasteiger partial charge < -0.3 is 10.4 Å². The molecule has 3 rings (SSSR count). The van der Waals surface area contributed by atoms with Crippen LogP contribution in [0.3, 0.4) is 0 Å². The van der Waals surface area contributed by atoms with Crippen LogP contribution in [0.5, 0.6) is 0 Å². The number of fused-ring (bicyclic) bond motifs is 1. The van der Waals surface area contributed by atoms with E-state index in [0.717, 1.165) is 0 Å². The summed E-state index contributed by atoms with van der Waals surface area (Å²) >= 11 is 0. The summed E-state index contributed by atoms with van der Waals surface area (Å²) in [5.41, 5.74) is 0.0880. The Morgan fingerprint density at radius 3 is 2.84 bits per heavy atom. The van der Waals surface area contributed by atoms with Gasteiger partial charge in [-0.1, -0.05) is 13.0 Å². The average Bonchev–Trinajstić information content (AvgIpc) is 2.56. The second-order valence-corrected chi connectivity index (χ2v) is 6.16. The van der Waals surface area contributed by atoms with Crippen LogP contribution in [0.2, 0.25) is 0 Å². The van der Waals surface area contributed by atoms with Crippen LogP contribution in [0.4, 0.5) is 0 Å².